The molecule has 1 aromatic heterocycles. The molecule has 164 valence electrons. The number of ether oxygens (including phenoxy) is 1. The first-order valence-electron chi connectivity index (χ1n) is 10.9. The molecular formula is C26H27N3O3. The van der Waals surface area contributed by atoms with Gasteiger partial charge in [-0.1, -0.05) is 42.5 Å². The van der Waals surface area contributed by atoms with Crippen LogP contribution in [0.3, 0.4) is 0 Å². The van der Waals surface area contributed by atoms with Crippen molar-refractivity contribution in [2.45, 2.75) is 31.8 Å². The third-order valence-corrected chi connectivity index (χ3v) is 5.63. The van der Waals surface area contributed by atoms with Crippen LogP contribution in [0.15, 0.2) is 79.1 Å². The van der Waals surface area contributed by atoms with Gasteiger partial charge in [0.2, 0.25) is 5.91 Å². The minimum Gasteiger partial charge on any atom is -0.484 e. The number of hydrogen-bond donors (Lipinski definition) is 1. The van der Waals surface area contributed by atoms with Crippen LogP contribution in [0.5, 0.6) is 5.75 Å². The second kappa shape index (κ2) is 10.6. The highest BCUT2D eigenvalue weighted by molar-refractivity contribution is 5.88. The molecule has 2 aromatic carbocycles. The molecule has 1 aliphatic rings. The Labute approximate surface area is 188 Å². The highest BCUT2D eigenvalue weighted by Crippen LogP contribution is 2.21. The van der Waals surface area contributed by atoms with Gasteiger partial charge >= 0.3 is 0 Å². The first kappa shape index (κ1) is 21.6. The SMILES string of the molecule is O=C1NCCCCC1N(Cc1ccc(-c2ccncc2)cc1)C(=O)COc1ccccc1. The second-order valence-electron chi connectivity index (χ2n) is 7.86. The van der Waals surface area contributed by atoms with Crippen LogP contribution in [0.4, 0.5) is 0 Å². The zero-order chi connectivity index (χ0) is 22.2. The van der Waals surface area contributed by atoms with E-state index in [4.69, 9.17) is 4.74 Å². The Hall–Kier alpha value is -3.67. The summed E-state index contributed by atoms with van der Waals surface area (Å²) in [7, 11) is 0. The van der Waals surface area contributed by atoms with E-state index < -0.39 is 6.04 Å². The Morgan fingerprint density at radius 1 is 0.969 bits per heavy atom. The van der Waals surface area contributed by atoms with Gasteiger partial charge in [-0.2, -0.15) is 0 Å². The fourth-order valence-corrected chi connectivity index (χ4v) is 3.88. The average Bonchev–Trinajstić information content (AvgIpc) is 3.07. The summed E-state index contributed by atoms with van der Waals surface area (Å²) in [6.45, 7) is 0.896. The molecule has 6 nitrogen and oxygen atoms in total. The van der Waals surface area contributed by atoms with Gasteiger partial charge in [-0.15, -0.1) is 0 Å². The molecule has 32 heavy (non-hydrogen) atoms. The van der Waals surface area contributed by atoms with Crippen molar-refractivity contribution in [3.63, 3.8) is 0 Å². The number of aromatic nitrogens is 1. The molecule has 0 aliphatic carbocycles. The first-order chi connectivity index (χ1) is 15.7. The van der Waals surface area contributed by atoms with Crippen molar-refractivity contribution in [3.8, 4) is 16.9 Å². The summed E-state index contributed by atoms with van der Waals surface area (Å²) in [5.74, 6) is 0.339. The van der Waals surface area contributed by atoms with Crippen LogP contribution >= 0.6 is 0 Å². The van der Waals surface area contributed by atoms with Crippen LogP contribution < -0.4 is 10.1 Å². The van der Waals surface area contributed by atoms with E-state index in [2.05, 4.69) is 10.3 Å². The number of carbonyl (C=O) groups excluding carboxylic acids is 2. The van der Waals surface area contributed by atoms with E-state index in [-0.39, 0.29) is 18.4 Å². The fourth-order valence-electron chi connectivity index (χ4n) is 3.88. The van der Waals surface area contributed by atoms with Crippen molar-refractivity contribution >= 4 is 11.8 Å². The maximum absolute atomic E-state index is 13.2. The first-order valence-corrected chi connectivity index (χ1v) is 10.9. The largest absolute Gasteiger partial charge is 0.484 e. The van der Waals surface area contributed by atoms with Crippen LogP contribution in [0.2, 0.25) is 0 Å². The lowest BCUT2D eigenvalue weighted by Gasteiger charge is -2.30. The molecule has 1 N–H and O–H groups in total. The number of hydrogen-bond acceptors (Lipinski definition) is 4. The minimum absolute atomic E-state index is 0.0935. The van der Waals surface area contributed by atoms with E-state index in [9.17, 15) is 9.59 Å². The van der Waals surface area contributed by atoms with E-state index in [0.29, 0.717) is 25.3 Å². The molecule has 0 bridgehead atoms. The summed E-state index contributed by atoms with van der Waals surface area (Å²) in [4.78, 5) is 31.6. The zero-order valence-electron chi connectivity index (χ0n) is 17.9. The molecule has 1 aliphatic heterocycles. The van der Waals surface area contributed by atoms with Crippen molar-refractivity contribution in [1.82, 2.24) is 15.2 Å². The third kappa shape index (κ3) is 5.52. The molecule has 2 heterocycles. The number of nitrogens with one attached hydrogen (secondary N) is 1. The number of rotatable bonds is 7. The van der Waals surface area contributed by atoms with Gasteiger partial charge in [-0.05, 0) is 60.2 Å². The molecule has 4 rings (SSSR count). The van der Waals surface area contributed by atoms with Gasteiger partial charge in [0.05, 0.1) is 0 Å². The molecule has 1 atom stereocenters. The predicted molar refractivity (Wildman–Crippen MR) is 123 cm³/mol. The number of nitrogens with zero attached hydrogens (tertiary/aromatic N) is 2. The summed E-state index contributed by atoms with van der Waals surface area (Å²) in [5.41, 5.74) is 3.13. The Morgan fingerprint density at radius 2 is 1.69 bits per heavy atom. The molecule has 0 spiro atoms. The number of benzene rings is 2. The molecule has 3 aromatic rings. The third-order valence-electron chi connectivity index (χ3n) is 5.63. The van der Waals surface area contributed by atoms with Crippen molar-refractivity contribution in [3.05, 3.63) is 84.7 Å². The molecule has 1 fully saturated rings. The van der Waals surface area contributed by atoms with Crippen LogP contribution in [0.1, 0.15) is 24.8 Å². The smallest absolute Gasteiger partial charge is 0.261 e. The highest BCUT2D eigenvalue weighted by atomic mass is 16.5. The van der Waals surface area contributed by atoms with Crippen molar-refractivity contribution < 1.29 is 14.3 Å². The summed E-state index contributed by atoms with van der Waals surface area (Å²) in [6.07, 6.45) is 6.00. The predicted octanol–water partition coefficient (Wildman–Crippen LogP) is 3.82. The molecule has 0 saturated carbocycles. The van der Waals surface area contributed by atoms with Gasteiger partial charge < -0.3 is 15.0 Å². The molecule has 6 heteroatoms. The summed E-state index contributed by atoms with van der Waals surface area (Å²) < 4.78 is 5.69. The van der Waals surface area contributed by atoms with Gasteiger partial charge in [0.1, 0.15) is 11.8 Å². The molecule has 2 amide bonds. The Morgan fingerprint density at radius 3 is 2.44 bits per heavy atom. The van der Waals surface area contributed by atoms with Crippen LogP contribution in [-0.2, 0) is 16.1 Å². The van der Waals surface area contributed by atoms with Crippen molar-refractivity contribution in [1.29, 1.82) is 0 Å². The van der Waals surface area contributed by atoms with Crippen LogP contribution in [0, 0.1) is 0 Å². The van der Waals surface area contributed by atoms with Crippen molar-refractivity contribution in [2.24, 2.45) is 0 Å². The van der Waals surface area contributed by atoms with E-state index in [1.165, 1.54) is 0 Å². The number of pyridine rings is 1. The average molecular weight is 430 g/mol. The Bertz CT molecular complexity index is 1020. The minimum atomic E-state index is -0.496. The fraction of sp³-hybridized carbons (Fsp3) is 0.269. The monoisotopic (exact) mass is 429 g/mol. The molecule has 0 radical (unpaired) electrons. The van der Waals surface area contributed by atoms with E-state index in [1.54, 1.807) is 17.3 Å². The van der Waals surface area contributed by atoms with Crippen LogP contribution in [0.25, 0.3) is 11.1 Å². The van der Waals surface area contributed by atoms with Gasteiger partial charge in [-0.25, -0.2) is 0 Å². The van der Waals surface area contributed by atoms with E-state index >= 15 is 0 Å². The van der Waals surface area contributed by atoms with E-state index in [0.717, 1.165) is 29.5 Å². The van der Waals surface area contributed by atoms with Crippen molar-refractivity contribution in [2.75, 3.05) is 13.2 Å². The highest BCUT2D eigenvalue weighted by Gasteiger charge is 2.31. The van der Waals surface area contributed by atoms with E-state index in [1.807, 2.05) is 66.7 Å². The molecule has 1 unspecified atom stereocenters. The lowest BCUT2D eigenvalue weighted by Crippen LogP contribution is -2.49. The standard InChI is InChI=1S/C26H27N3O3/c30-25(19-32-23-6-2-1-3-7-23)29(24-8-4-5-15-28-26(24)31)18-20-9-11-21(12-10-20)22-13-16-27-17-14-22/h1-3,6-7,9-14,16-17,24H,4-5,8,15,18-19H2,(H,28,31). The maximum atomic E-state index is 13.2. The maximum Gasteiger partial charge on any atom is 0.261 e. The topological polar surface area (TPSA) is 71.5 Å². The molecular weight excluding hydrogens is 402 g/mol. The number of amides is 2. The second-order valence-corrected chi connectivity index (χ2v) is 7.86. The summed E-state index contributed by atoms with van der Waals surface area (Å²) >= 11 is 0. The van der Waals surface area contributed by atoms with Crippen LogP contribution in [-0.4, -0.2) is 40.9 Å². The normalized spacial score (nSPS) is 16.0. The Balaban J connectivity index is 1.51. The summed E-state index contributed by atoms with van der Waals surface area (Å²) in [5, 5.41) is 2.94. The Kier molecular flexibility index (Phi) is 7.12. The lowest BCUT2D eigenvalue weighted by molar-refractivity contribution is -0.142. The summed E-state index contributed by atoms with van der Waals surface area (Å²) in [6, 6.07) is 20.7. The van der Waals surface area contributed by atoms with Gasteiger partial charge in [0.25, 0.3) is 5.91 Å². The zero-order valence-corrected chi connectivity index (χ0v) is 17.9. The number of carbonyl (C=O) groups is 2. The molecule has 1 saturated heterocycles. The van der Waals surface area contributed by atoms with Gasteiger partial charge in [0, 0.05) is 25.5 Å². The quantitative estimate of drug-likeness (QED) is 0.620. The van der Waals surface area contributed by atoms with Gasteiger partial charge in [-0.3, -0.25) is 14.6 Å². The van der Waals surface area contributed by atoms with Gasteiger partial charge in [0.15, 0.2) is 6.61 Å². The lowest BCUT2D eigenvalue weighted by atomic mass is 10.0. The number of para-hydroxylation sites is 1.